The van der Waals surface area contributed by atoms with Gasteiger partial charge in [0.1, 0.15) is 5.58 Å². The first-order valence-electron chi connectivity index (χ1n) is 6.62. The number of carbonyl (C=O) groups is 1. The largest absolute Gasteiger partial charge is 0.451 e. The van der Waals surface area contributed by atoms with Gasteiger partial charge in [0.15, 0.2) is 5.76 Å². The van der Waals surface area contributed by atoms with Gasteiger partial charge in [0.2, 0.25) is 0 Å². The monoisotopic (exact) mass is 321 g/mol. The molecule has 0 bridgehead atoms. The van der Waals surface area contributed by atoms with Crippen molar-refractivity contribution in [1.29, 1.82) is 0 Å². The molecule has 0 spiro atoms. The molecule has 1 aromatic carbocycles. The van der Waals surface area contributed by atoms with E-state index in [4.69, 9.17) is 4.42 Å². The molecule has 0 saturated carbocycles. The van der Waals surface area contributed by atoms with E-state index in [1.165, 1.54) is 6.42 Å². The number of amides is 1. The molecule has 3 nitrogen and oxygen atoms in total. The molecule has 1 fully saturated rings. The highest BCUT2D eigenvalue weighted by Crippen LogP contribution is 2.25. The lowest BCUT2D eigenvalue weighted by atomic mass is 10.0. The van der Waals surface area contributed by atoms with Crippen molar-refractivity contribution in [2.45, 2.75) is 19.8 Å². The maximum absolute atomic E-state index is 12.4. The predicted octanol–water partition coefficient (Wildman–Crippen LogP) is 4.07. The molecule has 0 N–H and O–H groups in total. The molecule has 1 saturated heterocycles. The van der Waals surface area contributed by atoms with Crippen LogP contribution >= 0.6 is 15.9 Å². The summed E-state index contributed by atoms with van der Waals surface area (Å²) >= 11 is 3.41. The van der Waals surface area contributed by atoms with E-state index >= 15 is 0 Å². The van der Waals surface area contributed by atoms with Crippen molar-refractivity contribution in [2.24, 2.45) is 5.92 Å². The maximum atomic E-state index is 12.4. The number of hydrogen-bond acceptors (Lipinski definition) is 2. The van der Waals surface area contributed by atoms with Crippen LogP contribution < -0.4 is 0 Å². The van der Waals surface area contributed by atoms with Crippen LogP contribution in [0.15, 0.2) is 33.2 Å². The Balaban J connectivity index is 1.88. The molecular formula is C15H16BrNO2. The lowest BCUT2D eigenvalue weighted by molar-refractivity contribution is 0.0653. The average Bonchev–Trinajstić information content (AvgIpc) is 2.80. The van der Waals surface area contributed by atoms with Crippen molar-refractivity contribution >= 4 is 32.8 Å². The summed E-state index contributed by atoms with van der Waals surface area (Å²) in [5.41, 5.74) is 0.753. The molecule has 3 rings (SSSR count). The minimum Gasteiger partial charge on any atom is -0.451 e. The molecule has 0 radical (unpaired) electrons. The third-order valence-corrected chi connectivity index (χ3v) is 4.13. The van der Waals surface area contributed by atoms with E-state index in [9.17, 15) is 4.79 Å². The van der Waals surface area contributed by atoms with Gasteiger partial charge in [-0.2, -0.15) is 0 Å². The highest BCUT2D eigenvalue weighted by molar-refractivity contribution is 9.10. The fourth-order valence-corrected chi connectivity index (χ4v) is 2.98. The second kappa shape index (κ2) is 5.00. The van der Waals surface area contributed by atoms with Gasteiger partial charge in [0.05, 0.1) is 0 Å². The molecule has 1 aliphatic rings. The van der Waals surface area contributed by atoms with Crippen LogP contribution in [0.4, 0.5) is 0 Å². The highest BCUT2D eigenvalue weighted by Gasteiger charge is 2.24. The Bertz CT molecular complexity index is 620. The van der Waals surface area contributed by atoms with E-state index in [1.807, 2.05) is 29.2 Å². The number of nitrogens with zero attached hydrogens (tertiary/aromatic N) is 1. The smallest absolute Gasteiger partial charge is 0.289 e. The topological polar surface area (TPSA) is 33.5 Å². The van der Waals surface area contributed by atoms with Gasteiger partial charge in [-0.05, 0) is 43.0 Å². The molecule has 100 valence electrons. The van der Waals surface area contributed by atoms with Crippen LogP contribution in [0, 0.1) is 5.92 Å². The standard InChI is InChI=1S/C15H16BrNO2/c1-10-3-2-6-17(9-10)15(18)14-7-11-4-5-12(16)8-13(11)19-14/h4-5,7-8,10H,2-3,6,9H2,1H3. The number of furan rings is 1. The number of rotatable bonds is 1. The van der Waals surface area contributed by atoms with Gasteiger partial charge in [0, 0.05) is 22.9 Å². The van der Waals surface area contributed by atoms with Gasteiger partial charge in [-0.25, -0.2) is 0 Å². The number of halogens is 1. The van der Waals surface area contributed by atoms with Crippen LogP contribution in [0.1, 0.15) is 30.3 Å². The number of fused-ring (bicyclic) bond motifs is 1. The summed E-state index contributed by atoms with van der Waals surface area (Å²) in [6.07, 6.45) is 2.29. The molecule has 19 heavy (non-hydrogen) atoms. The number of likely N-dealkylation sites (tertiary alicyclic amines) is 1. The normalized spacial score (nSPS) is 19.9. The van der Waals surface area contributed by atoms with E-state index in [0.29, 0.717) is 11.7 Å². The average molecular weight is 322 g/mol. The zero-order chi connectivity index (χ0) is 13.4. The molecule has 1 atom stereocenters. The first-order chi connectivity index (χ1) is 9.13. The first-order valence-corrected chi connectivity index (χ1v) is 7.41. The van der Waals surface area contributed by atoms with Gasteiger partial charge >= 0.3 is 0 Å². The quantitative estimate of drug-likeness (QED) is 0.793. The Kier molecular flexibility index (Phi) is 3.35. The van der Waals surface area contributed by atoms with Crippen molar-refractivity contribution in [3.05, 3.63) is 34.5 Å². The Hall–Kier alpha value is -1.29. The summed E-state index contributed by atoms with van der Waals surface area (Å²) in [5.74, 6) is 1.04. The van der Waals surface area contributed by atoms with Gasteiger partial charge in [-0.1, -0.05) is 22.9 Å². The third kappa shape index (κ3) is 2.54. The Labute approximate surface area is 120 Å². The fourth-order valence-electron chi connectivity index (χ4n) is 2.64. The molecule has 1 unspecified atom stereocenters. The van der Waals surface area contributed by atoms with E-state index in [-0.39, 0.29) is 5.91 Å². The van der Waals surface area contributed by atoms with E-state index < -0.39 is 0 Å². The van der Waals surface area contributed by atoms with Crippen molar-refractivity contribution in [1.82, 2.24) is 4.90 Å². The second-order valence-electron chi connectivity index (χ2n) is 5.29. The summed E-state index contributed by atoms with van der Waals surface area (Å²) < 4.78 is 6.64. The van der Waals surface area contributed by atoms with Crippen LogP contribution in [0.2, 0.25) is 0 Å². The Morgan fingerprint density at radius 3 is 3.05 bits per heavy atom. The van der Waals surface area contributed by atoms with E-state index in [2.05, 4.69) is 22.9 Å². The first kappa shape index (κ1) is 12.7. The zero-order valence-electron chi connectivity index (χ0n) is 10.9. The van der Waals surface area contributed by atoms with Crippen LogP contribution in [0.3, 0.4) is 0 Å². The predicted molar refractivity (Wildman–Crippen MR) is 78.2 cm³/mol. The summed E-state index contributed by atoms with van der Waals surface area (Å²) in [5, 5.41) is 0.969. The third-order valence-electron chi connectivity index (χ3n) is 3.64. The van der Waals surface area contributed by atoms with Crippen molar-refractivity contribution in [3.8, 4) is 0 Å². The second-order valence-corrected chi connectivity index (χ2v) is 6.21. The molecular weight excluding hydrogens is 306 g/mol. The molecule has 0 aliphatic carbocycles. The fraction of sp³-hybridized carbons (Fsp3) is 0.400. The number of carbonyl (C=O) groups excluding carboxylic acids is 1. The van der Waals surface area contributed by atoms with E-state index in [1.54, 1.807) is 0 Å². The number of hydrogen-bond donors (Lipinski definition) is 0. The summed E-state index contributed by atoms with van der Waals surface area (Å²) in [7, 11) is 0. The molecule has 1 aromatic heterocycles. The van der Waals surface area contributed by atoms with Crippen LogP contribution in [-0.2, 0) is 0 Å². The Morgan fingerprint density at radius 2 is 2.26 bits per heavy atom. The van der Waals surface area contributed by atoms with Crippen molar-refractivity contribution in [2.75, 3.05) is 13.1 Å². The minimum atomic E-state index is 0.0128. The van der Waals surface area contributed by atoms with Crippen LogP contribution in [0.5, 0.6) is 0 Å². The molecule has 2 aromatic rings. The minimum absolute atomic E-state index is 0.0128. The lowest BCUT2D eigenvalue weighted by Gasteiger charge is -2.30. The van der Waals surface area contributed by atoms with Crippen LogP contribution in [-0.4, -0.2) is 23.9 Å². The van der Waals surface area contributed by atoms with E-state index in [0.717, 1.165) is 35.0 Å². The SMILES string of the molecule is CC1CCCN(C(=O)c2cc3ccc(Br)cc3o2)C1. The summed E-state index contributed by atoms with van der Waals surface area (Å²) in [6, 6.07) is 7.64. The highest BCUT2D eigenvalue weighted by atomic mass is 79.9. The Morgan fingerprint density at radius 1 is 1.42 bits per heavy atom. The summed E-state index contributed by atoms with van der Waals surface area (Å²) in [6.45, 7) is 3.86. The van der Waals surface area contributed by atoms with Crippen LogP contribution in [0.25, 0.3) is 11.0 Å². The van der Waals surface area contributed by atoms with Gasteiger partial charge in [0.25, 0.3) is 5.91 Å². The van der Waals surface area contributed by atoms with Crippen molar-refractivity contribution in [3.63, 3.8) is 0 Å². The van der Waals surface area contributed by atoms with Gasteiger partial charge in [-0.15, -0.1) is 0 Å². The molecule has 1 amide bonds. The zero-order valence-corrected chi connectivity index (χ0v) is 12.4. The maximum Gasteiger partial charge on any atom is 0.289 e. The number of piperidine rings is 1. The van der Waals surface area contributed by atoms with Gasteiger partial charge in [-0.3, -0.25) is 4.79 Å². The molecule has 1 aliphatic heterocycles. The van der Waals surface area contributed by atoms with Crippen molar-refractivity contribution < 1.29 is 9.21 Å². The van der Waals surface area contributed by atoms with Gasteiger partial charge < -0.3 is 9.32 Å². The molecule has 2 heterocycles. The molecule has 4 heteroatoms. The number of benzene rings is 1. The summed E-state index contributed by atoms with van der Waals surface area (Å²) in [4.78, 5) is 14.3. The lowest BCUT2D eigenvalue weighted by Crippen LogP contribution is -2.38.